The number of nitrogens with one attached hydrogen (secondary N) is 2. The largest absolute Gasteiger partial charge is 0.342 e. The maximum absolute atomic E-state index is 13.8. The van der Waals surface area contributed by atoms with Crippen LogP contribution in [0.5, 0.6) is 0 Å². The van der Waals surface area contributed by atoms with Crippen molar-refractivity contribution in [1.29, 1.82) is 0 Å². The molecule has 6 rings (SSSR count). The number of likely N-dealkylation sites (N-methyl/N-ethyl adjacent to an activating group) is 1. The molecule has 3 heterocycles. The molecule has 8 heteroatoms. The number of fused-ring (bicyclic) bond motifs is 2. The van der Waals surface area contributed by atoms with Gasteiger partial charge in [0, 0.05) is 55.2 Å². The van der Waals surface area contributed by atoms with E-state index in [0.717, 1.165) is 50.3 Å². The van der Waals surface area contributed by atoms with Crippen molar-refractivity contribution in [3.05, 3.63) is 88.1 Å². The van der Waals surface area contributed by atoms with Crippen LogP contribution < -0.4 is 5.32 Å². The van der Waals surface area contributed by atoms with Crippen molar-refractivity contribution in [2.45, 2.75) is 25.8 Å². The molecule has 0 saturated carbocycles. The summed E-state index contributed by atoms with van der Waals surface area (Å²) in [5.41, 5.74) is 6.57. The lowest BCUT2D eigenvalue weighted by molar-refractivity contribution is 0.102. The van der Waals surface area contributed by atoms with Gasteiger partial charge in [-0.1, -0.05) is 18.1 Å². The molecule has 1 amide bonds. The minimum atomic E-state index is -0.465. The van der Waals surface area contributed by atoms with Gasteiger partial charge < -0.3 is 15.2 Å². The molecule has 1 saturated heterocycles. The minimum absolute atomic E-state index is 0.158. The van der Waals surface area contributed by atoms with Crippen LogP contribution in [0.4, 0.5) is 10.1 Å². The SMILES string of the molecule is Cc1ccc(C(=O)Nc2ccc3c(c2)CCC3N2CCN(C)CC2)cc1C#Cc1cnc2[nH]cc(F)c2n1. The highest BCUT2D eigenvalue weighted by Gasteiger charge is 2.29. The van der Waals surface area contributed by atoms with Gasteiger partial charge in [-0.15, -0.1) is 0 Å². The summed E-state index contributed by atoms with van der Waals surface area (Å²) < 4.78 is 13.8. The number of anilines is 1. The van der Waals surface area contributed by atoms with Gasteiger partial charge >= 0.3 is 0 Å². The van der Waals surface area contributed by atoms with E-state index < -0.39 is 5.82 Å². The van der Waals surface area contributed by atoms with Gasteiger partial charge in [0.1, 0.15) is 11.2 Å². The average molecular weight is 509 g/mol. The first kappa shape index (κ1) is 24.3. The van der Waals surface area contributed by atoms with Crippen LogP contribution in [0, 0.1) is 24.6 Å². The van der Waals surface area contributed by atoms with E-state index in [0.29, 0.717) is 28.5 Å². The molecular weight excluding hydrogens is 479 g/mol. The summed E-state index contributed by atoms with van der Waals surface area (Å²) in [7, 11) is 2.18. The summed E-state index contributed by atoms with van der Waals surface area (Å²) in [4.78, 5) is 29.2. The quantitative estimate of drug-likeness (QED) is 0.404. The molecular formula is C30H29FN6O. The Bertz CT molecular complexity index is 1590. The highest BCUT2D eigenvalue weighted by atomic mass is 19.1. The van der Waals surface area contributed by atoms with Crippen molar-refractivity contribution >= 4 is 22.8 Å². The van der Waals surface area contributed by atoms with Crippen LogP contribution in [0.25, 0.3) is 11.2 Å². The smallest absolute Gasteiger partial charge is 0.255 e. The van der Waals surface area contributed by atoms with Gasteiger partial charge in [-0.2, -0.15) is 0 Å². The Morgan fingerprint density at radius 2 is 1.97 bits per heavy atom. The van der Waals surface area contributed by atoms with Gasteiger partial charge in [-0.25, -0.2) is 14.4 Å². The van der Waals surface area contributed by atoms with Gasteiger partial charge in [0.2, 0.25) is 0 Å². The van der Waals surface area contributed by atoms with Crippen molar-refractivity contribution in [2.24, 2.45) is 0 Å². The van der Waals surface area contributed by atoms with Crippen LogP contribution >= 0.6 is 0 Å². The topological polar surface area (TPSA) is 77.2 Å². The minimum Gasteiger partial charge on any atom is -0.342 e. The van der Waals surface area contributed by atoms with Crippen LogP contribution in [0.15, 0.2) is 48.8 Å². The van der Waals surface area contributed by atoms with E-state index in [9.17, 15) is 9.18 Å². The number of aryl methyl sites for hydroxylation is 2. The molecule has 1 aliphatic heterocycles. The fourth-order valence-electron chi connectivity index (χ4n) is 5.34. The van der Waals surface area contributed by atoms with Crippen LogP contribution in [-0.4, -0.2) is 63.9 Å². The maximum Gasteiger partial charge on any atom is 0.255 e. The third kappa shape index (κ3) is 4.78. The summed E-state index contributed by atoms with van der Waals surface area (Å²) in [6.45, 7) is 6.35. The lowest BCUT2D eigenvalue weighted by atomic mass is 10.0. The summed E-state index contributed by atoms with van der Waals surface area (Å²) >= 11 is 0. The van der Waals surface area contributed by atoms with E-state index in [1.54, 1.807) is 12.1 Å². The average Bonchev–Trinajstić information content (AvgIpc) is 3.51. The fourth-order valence-corrected chi connectivity index (χ4v) is 5.34. The highest BCUT2D eigenvalue weighted by Crippen LogP contribution is 2.37. The van der Waals surface area contributed by atoms with Crippen molar-refractivity contribution in [3.63, 3.8) is 0 Å². The zero-order valence-electron chi connectivity index (χ0n) is 21.5. The molecule has 0 spiro atoms. The zero-order valence-corrected chi connectivity index (χ0v) is 21.5. The monoisotopic (exact) mass is 508 g/mol. The third-order valence-electron chi connectivity index (χ3n) is 7.58. The first-order chi connectivity index (χ1) is 18.4. The van der Waals surface area contributed by atoms with E-state index >= 15 is 0 Å². The first-order valence-electron chi connectivity index (χ1n) is 12.9. The molecule has 0 bridgehead atoms. The predicted molar refractivity (Wildman–Crippen MR) is 146 cm³/mol. The second-order valence-electron chi connectivity index (χ2n) is 10.1. The molecule has 192 valence electrons. The molecule has 2 N–H and O–H groups in total. The number of benzene rings is 2. The molecule has 1 unspecified atom stereocenters. The van der Waals surface area contributed by atoms with Crippen LogP contribution in [0.2, 0.25) is 0 Å². The summed E-state index contributed by atoms with van der Waals surface area (Å²) in [5.74, 6) is 5.36. The normalized spacial score (nSPS) is 17.7. The second-order valence-corrected chi connectivity index (χ2v) is 10.1. The van der Waals surface area contributed by atoms with E-state index in [1.807, 2.05) is 19.1 Å². The van der Waals surface area contributed by atoms with Crippen molar-refractivity contribution in [2.75, 3.05) is 38.5 Å². The number of rotatable bonds is 3. The Labute approximate surface area is 221 Å². The Hall–Kier alpha value is -4.06. The number of H-pyrrole nitrogens is 1. The molecule has 2 aliphatic rings. The van der Waals surface area contributed by atoms with E-state index in [2.05, 4.69) is 61.1 Å². The van der Waals surface area contributed by atoms with Crippen LogP contribution in [0.3, 0.4) is 0 Å². The third-order valence-corrected chi connectivity index (χ3v) is 7.58. The van der Waals surface area contributed by atoms with Gasteiger partial charge in [0.15, 0.2) is 11.5 Å². The molecule has 7 nitrogen and oxygen atoms in total. The number of aromatic nitrogens is 3. The Balaban J connectivity index is 1.17. The van der Waals surface area contributed by atoms with Gasteiger partial charge in [-0.3, -0.25) is 9.69 Å². The summed E-state index contributed by atoms with van der Waals surface area (Å²) in [6, 6.07) is 12.2. The van der Waals surface area contributed by atoms with Crippen molar-refractivity contribution < 1.29 is 9.18 Å². The van der Waals surface area contributed by atoms with Crippen LogP contribution in [-0.2, 0) is 6.42 Å². The maximum atomic E-state index is 13.8. The molecule has 38 heavy (non-hydrogen) atoms. The van der Waals surface area contributed by atoms with Gasteiger partial charge in [0.05, 0.1) is 6.20 Å². The fraction of sp³-hybridized carbons (Fsp3) is 0.300. The second kappa shape index (κ2) is 10.0. The van der Waals surface area contributed by atoms with Crippen molar-refractivity contribution in [3.8, 4) is 11.8 Å². The van der Waals surface area contributed by atoms with E-state index in [-0.39, 0.29) is 11.4 Å². The summed E-state index contributed by atoms with van der Waals surface area (Å²) in [6.07, 6.45) is 4.88. The number of aromatic amines is 1. The number of amides is 1. The first-order valence-corrected chi connectivity index (χ1v) is 12.9. The Kier molecular flexibility index (Phi) is 6.40. The molecule has 2 aromatic heterocycles. The van der Waals surface area contributed by atoms with Gasteiger partial charge in [0.25, 0.3) is 5.91 Å². The van der Waals surface area contributed by atoms with Crippen molar-refractivity contribution in [1.82, 2.24) is 24.8 Å². The number of halogens is 1. The lowest BCUT2D eigenvalue weighted by Gasteiger charge is -2.36. The number of piperazine rings is 1. The molecule has 4 aromatic rings. The molecule has 0 radical (unpaired) electrons. The zero-order chi connectivity index (χ0) is 26.2. The van der Waals surface area contributed by atoms with E-state index in [4.69, 9.17) is 0 Å². The number of hydrogen-bond donors (Lipinski definition) is 2. The molecule has 1 fully saturated rings. The summed E-state index contributed by atoms with van der Waals surface area (Å²) in [5, 5.41) is 3.06. The molecule has 2 aromatic carbocycles. The molecule has 1 atom stereocenters. The van der Waals surface area contributed by atoms with Crippen LogP contribution in [0.1, 0.15) is 50.8 Å². The Morgan fingerprint density at radius 1 is 1.13 bits per heavy atom. The standard InChI is InChI=1S/C30H29FN6O/c1-19-3-4-22(15-20(19)5-7-24-17-32-29-28(34-24)26(31)18-33-29)30(38)35-23-8-9-25-21(16-23)6-10-27(25)37-13-11-36(2)12-14-37/h3-4,8-9,15-18,27H,6,10-14H2,1-2H3,(H,32,33)(H,35,38). The van der Waals surface area contributed by atoms with E-state index in [1.165, 1.54) is 23.5 Å². The predicted octanol–water partition coefficient (Wildman–Crippen LogP) is 4.29. The molecule has 1 aliphatic carbocycles. The number of carbonyl (C=O) groups is 1. The Morgan fingerprint density at radius 3 is 2.82 bits per heavy atom. The number of hydrogen-bond acceptors (Lipinski definition) is 5. The number of nitrogens with zero attached hydrogens (tertiary/aromatic N) is 4. The highest BCUT2D eigenvalue weighted by molar-refractivity contribution is 6.04. The number of carbonyl (C=O) groups excluding carboxylic acids is 1. The lowest BCUT2D eigenvalue weighted by Crippen LogP contribution is -2.45. The van der Waals surface area contributed by atoms with Gasteiger partial charge in [-0.05, 0) is 73.7 Å².